The molecular weight excluding hydrogens is 314 g/mol. The molecule has 3 rings (SSSR count). The van der Waals surface area contributed by atoms with Gasteiger partial charge in [-0.15, -0.1) is 23.1 Å². The molecule has 3 aromatic rings. The van der Waals surface area contributed by atoms with Crippen LogP contribution in [0.3, 0.4) is 0 Å². The SMILES string of the molecule is COc1ccc(SCC(=O)Nc2ccc3sccc3c2)cc1. The maximum atomic E-state index is 12.0. The highest BCUT2D eigenvalue weighted by Gasteiger charge is 2.05. The quantitative estimate of drug-likeness (QED) is 0.693. The van der Waals surface area contributed by atoms with Gasteiger partial charge in [0.15, 0.2) is 0 Å². The van der Waals surface area contributed by atoms with E-state index in [0.717, 1.165) is 21.7 Å². The molecular formula is C17H15NO2S2. The molecule has 1 heterocycles. The smallest absolute Gasteiger partial charge is 0.234 e. The number of ether oxygens (including phenoxy) is 1. The van der Waals surface area contributed by atoms with Crippen LogP contribution in [0.15, 0.2) is 58.8 Å². The minimum absolute atomic E-state index is 0.00426. The molecule has 0 spiro atoms. The third-order valence-electron chi connectivity index (χ3n) is 3.17. The molecule has 0 fully saturated rings. The van der Waals surface area contributed by atoms with E-state index in [0.29, 0.717) is 5.75 Å². The molecule has 1 amide bonds. The van der Waals surface area contributed by atoms with Crippen molar-refractivity contribution >= 4 is 44.8 Å². The predicted octanol–water partition coefficient (Wildman–Crippen LogP) is 4.64. The Hall–Kier alpha value is -1.98. The summed E-state index contributed by atoms with van der Waals surface area (Å²) in [6.07, 6.45) is 0. The molecule has 0 aliphatic heterocycles. The number of carbonyl (C=O) groups excluding carboxylic acids is 1. The van der Waals surface area contributed by atoms with Gasteiger partial charge in [-0.05, 0) is 59.3 Å². The second kappa shape index (κ2) is 6.85. The van der Waals surface area contributed by atoms with Gasteiger partial charge in [-0.1, -0.05) is 0 Å². The van der Waals surface area contributed by atoms with E-state index in [1.807, 2.05) is 42.5 Å². The summed E-state index contributed by atoms with van der Waals surface area (Å²) in [5.74, 6) is 1.20. The fourth-order valence-corrected chi connectivity index (χ4v) is 3.53. The number of thioether (sulfide) groups is 1. The number of anilines is 1. The Kier molecular flexibility index (Phi) is 4.65. The van der Waals surface area contributed by atoms with Crippen LogP contribution in [0.5, 0.6) is 5.75 Å². The van der Waals surface area contributed by atoms with Gasteiger partial charge in [0.2, 0.25) is 5.91 Å². The molecule has 0 aliphatic rings. The molecule has 0 saturated carbocycles. The van der Waals surface area contributed by atoms with Crippen LogP contribution in [0, 0.1) is 0 Å². The van der Waals surface area contributed by atoms with Crippen LogP contribution < -0.4 is 10.1 Å². The fourth-order valence-electron chi connectivity index (χ4n) is 2.06. The Morgan fingerprint density at radius 1 is 1.18 bits per heavy atom. The summed E-state index contributed by atoms with van der Waals surface area (Å²) in [6, 6.07) is 15.7. The van der Waals surface area contributed by atoms with Crippen LogP contribution >= 0.6 is 23.1 Å². The average Bonchev–Trinajstić information content (AvgIpc) is 3.01. The predicted molar refractivity (Wildman–Crippen MR) is 94.2 cm³/mol. The fraction of sp³-hybridized carbons (Fsp3) is 0.118. The number of rotatable bonds is 5. The van der Waals surface area contributed by atoms with E-state index in [4.69, 9.17) is 4.74 Å². The van der Waals surface area contributed by atoms with E-state index in [1.165, 1.54) is 16.5 Å². The first-order chi connectivity index (χ1) is 10.7. The zero-order valence-electron chi connectivity index (χ0n) is 12.0. The molecule has 0 bridgehead atoms. The van der Waals surface area contributed by atoms with Crippen molar-refractivity contribution < 1.29 is 9.53 Å². The van der Waals surface area contributed by atoms with Crippen molar-refractivity contribution in [2.75, 3.05) is 18.2 Å². The molecule has 0 atom stereocenters. The third-order valence-corrected chi connectivity index (χ3v) is 5.08. The summed E-state index contributed by atoms with van der Waals surface area (Å²) < 4.78 is 6.34. The van der Waals surface area contributed by atoms with E-state index in [-0.39, 0.29) is 5.91 Å². The Bertz CT molecular complexity index is 781. The highest BCUT2D eigenvalue weighted by atomic mass is 32.2. The first kappa shape index (κ1) is 14.9. The van der Waals surface area contributed by atoms with Crippen molar-refractivity contribution in [3.05, 3.63) is 53.9 Å². The minimum Gasteiger partial charge on any atom is -0.497 e. The second-order valence-electron chi connectivity index (χ2n) is 4.69. The molecule has 112 valence electrons. The summed E-state index contributed by atoms with van der Waals surface area (Å²) >= 11 is 3.21. The van der Waals surface area contributed by atoms with Crippen molar-refractivity contribution in [2.45, 2.75) is 4.90 Å². The van der Waals surface area contributed by atoms with Crippen LogP contribution in [-0.4, -0.2) is 18.8 Å². The average molecular weight is 329 g/mol. The molecule has 0 aliphatic carbocycles. The maximum absolute atomic E-state index is 12.0. The van der Waals surface area contributed by atoms with Crippen LogP contribution in [0.4, 0.5) is 5.69 Å². The van der Waals surface area contributed by atoms with Gasteiger partial charge >= 0.3 is 0 Å². The summed E-state index contributed by atoms with van der Waals surface area (Å²) in [4.78, 5) is 13.1. The molecule has 3 nitrogen and oxygen atoms in total. The summed E-state index contributed by atoms with van der Waals surface area (Å²) in [5, 5.41) is 6.15. The van der Waals surface area contributed by atoms with Crippen molar-refractivity contribution in [2.24, 2.45) is 0 Å². The zero-order chi connectivity index (χ0) is 15.4. The summed E-state index contributed by atoms with van der Waals surface area (Å²) in [5.41, 5.74) is 0.839. The van der Waals surface area contributed by atoms with E-state index in [2.05, 4.69) is 16.8 Å². The molecule has 0 unspecified atom stereocenters. The molecule has 22 heavy (non-hydrogen) atoms. The normalized spacial score (nSPS) is 10.6. The van der Waals surface area contributed by atoms with Crippen molar-refractivity contribution in [3.8, 4) is 5.75 Å². The Morgan fingerprint density at radius 3 is 2.77 bits per heavy atom. The topological polar surface area (TPSA) is 38.3 Å². The Morgan fingerprint density at radius 2 is 2.00 bits per heavy atom. The second-order valence-corrected chi connectivity index (χ2v) is 6.68. The molecule has 2 aromatic carbocycles. The maximum Gasteiger partial charge on any atom is 0.234 e. The van der Waals surface area contributed by atoms with E-state index in [9.17, 15) is 4.79 Å². The molecule has 0 radical (unpaired) electrons. The summed E-state index contributed by atoms with van der Waals surface area (Å²) in [7, 11) is 1.64. The highest BCUT2D eigenvalue weighted by Crippen LogP contribution is 2.25. The number of carbonyl (C=O) groups is 1. The van der Waals surface area contributed by atoms with Crippen molar-refractivity contribution in [3.63, 3.8) is 0 Å². The van der Waals surface area contributed by atoms with Gasteiger partial charge in [0.25, 0.3) is 0 Å². The molecule has 0 saturated heterocycles. The lowest BCUT2D eigenvalue weighted by Gasteiger charge is -2.06. The zero-order valence-corrected chi connectivity index (χ0v) is 13.7. The number of hydrogen-bond donors (Lipinski definition) is 1. The van der Waals surface area contributed by atoms with E-state index in [1.54, 1.807) is 18.4 Å². The molecule has 5 heteroatoms. The van der Waals surface area contributed by atoms with Crippen molar-refractivity contribution in [1.82, 2.24) is 0 Å². The lowest BCUT2D eigenvalue weighted by Crippen LogP contribution is -2.13. The Balaban J connectivity index is 1.57. The molecule has 1 N–H and O–H groups in total. The number of fused-ring (bicyclic) bond motifs is 1. The first-order valence-electron chi connectivity index (χ1n) is 6.78. The van der Waals surface area contributed by atoms with Crippen LogP contribution in [0.2, 0.25) is 0 Å². The van der Waals surface area contributed by atoms with Gasteiger partial charge in [0.1, 0.15) is 5.75 Å². The van der Waals surface area contributed by atoms with Gasteiger partial charge in [0.05, 0.1) is 12.9 Å². The van der Waals surface area contributed by atoms with Gasteiger partial charge < -0.3 is 10.1 Å². The number of nitrogens with one attached hydrogen (secondary N) is 1. The van der Waals surface area contributed by atoms with Gasteiger partial charge in [-0.3, -0.25) is 4.79 Å². The number of benzene rings is 2. The lowest BCUT2D eigenvalue weighted by molar-refractivity contribution is -0.113. The van der Waals surface area contributed by atoms with Gasteiger partial charge in [-0.25, -0.2) is 0 Å². The number of thiophene rings is 1. The van der Waals surface area contributed by atoms with E-state index >= 15 is 0 Å². The van der Waals surface area contributed by atoms with E-state index < -0.39 is 0 Å². The highest BCUT2D eigenvalue weighted by molar-refractivity contribution is 8.00. The standard InChI is InChI=1S/C17H15NO2S2/c1-20-14-3-5-15(6-4-14)22-11-17(19)18-13-2-7-16-12(10-13)8-9-21-16/h2-10H,11H2,1H3,(H,18,19). The first-order valence-corrected chi connectivity index (χ1v) is 8.65. The lowest BCUT2D eigenvalue weighted by atomic mass is 10.2. The van der Waals surface area contributed by atoms with Gasteiger partial charge in [-0.2, -0.15) is 0 Å². The van der Waals surface area contributed by atoms with Crippen LogP contribution in [0.25, 0.3) is 10.1 Å². The monoisotopic (exact) mass is 329 g/mol. The number of methoxy groups -OCH3 is 1. The Labute approximate surface area is 137 Å². The third kappa shape index (κ3) is 3.61. The van der Waals surface area contributed by atoms with Crippen LogP contribution in [0.1, 0.15) is 0 Å². The van der Waals surface area contributed by atoms with Gasteiger partial charge in [0, 0.05) is 15.3 Å². The summed E-state index contributed by atoms with van der Waals surface area (Å²) in [6.45, 7) is 0. The number of amides is 1. The van der Waals surface area contributed by atoms with Crippen molar-refractivity contribution in [1.29, 1.82) is 0 Å². The largest absolute Gasteiger partial charge is 0.497 e. The van der Waals surface area contributed by atoms with Crippen LogP contribution in [-0.2, 0) is 4.79 Å². The minimum atomic E-state index is -0.00426. The molecule has 1 aromatic heterocycles. The number of hydrogen-bond acceptors (Lipinski definition) is 4.